The Kier molecular flexibility index (Phi) is 4.61. The van der Waals surface area contributed by atoms with Crippen molar-refractivity contribution in [2.75, 3.05) is 0 Å². The molecule has 0 spiro atoms. The monoisotopic (exact) mass is 330 g/mol. The first kappa shape index (κ1) is 17.2. The number of carboxylic acids is 1. The number of carbonyl (C=O) groups is 2. The van der Waals surface area contributed by atoms with Crippen molar-refractivity contribution in [3.8, 4) is 0 Å². The highest BCUT2D eigenvalue weighted by Crippen LogP contribution is 2.25. The Hall–Kier alpha value is -2.14. The lowest BCUT2D eigenvalue weighted by Crippen LogP contribution is -2.42. The number of esters is 1. The van der Waals surface area contributed by atoms with E-state index in [9.17, 15) is 14.7 Å². The van der Waals surface area contributed by atoms with E-state index in [0.717, 1.165) is 5.19 Å². The Bertz CT molecular complexity index is 772. The SMILES string of the molecule is CC(C)OC(=O)c1c([Si](C)(C)C)cc(C(=O)O)c2ccccc12. The molecule has 0 bridgehead atoms. The number of aromatic carboxylic acids is 1. The molecule has 0 fully saturated rings. The van der Waals surface area contributed by atoms with Crippen molar-refractivity contribution >= 4 is 36.0 Å². The third kappa shape index (κ3) is 3.45. The van der Waals surface area contributed by atoms with Crippen molar-refractivity contribution in [1.82, 2.24) is 0 Å². The lowest BCUT2D eigenvalue weighted by atomic mass is 9.99. The van der Waals surface area contributed by atoms with Crippen LogP contribution in [0.1, 0.15) is 34.6 Å². The second kappa shape index (κ2) is 6.16. The van der Waals surface area contributed by atoms with E-state index in [1.54, 1.807) is 38.1 Å². The highest BCUT2D eigenvalue weighted by Gasteiger charge is 2.29. The highest BCUT2D eigenvalue weighted by atomic mass is 28.3. The number of ether oxygens (including phenoxy) is 1. The molecule has 1 N–H and O–H groups in total. The average Bonchev–Trinajstić information content (AvgIpc) is 2.43. The lowest BCUT2D eigenvalue weighted by molar-refractivity contribution is 0.0381. The first-order valence-corrected chi connectivity index (χ1v) is 11.1. The van der Waals surface area contributed by atoms with Crippen LogP contribution in [0.4, 0.5) is 0 Å². The summed E-state index contributed by atoms with van der Waals surface area (Å²) in [4.78, 5) is 24.3. The van der Waals surface area contributed by atoms with Gasteiger partial charge in [0, 0.05) is 0 Å². The molecule has 4 nitrogen and oxygen atoms in total. The molecule has 0 amide bonds. The Morgan fingerprint density at radius 2 is 1.65 bits per heavy atom. The van der Waals surface area contributed by atoms with Crippen LogP contribution in [-0.4, -0.2) is 31.2 Å². The maximum absolute atomic E-state index is 12.7. The smallest absolute Gasteiger partial charge is 0.338 e. The molecular formula is C18H22O4Si. The van der Waals surface area contributed by atoms with E-state index >= 15 is 0 Å². The van der Waals surface area contributed by atoms with Crippen molar-refractivity contribution in [2.45, 2.75) is 39.6 Å². The molecule has 0 radical (unpaired) electrons. The standard InChI is InChI=1S/C18H22O4Si/c1-11(2)22-18(21)16-13-9-7-6-8-12(13)14(17(19)20)10-15(16)23(3,4)5/h6-11H,1-5H3,(H,19,20). The van der Waals surface area contributed by atoms with Crippen molar-refractivity contribution in [1.29, 1.82) is 0 Å². The molecule has 0 saturated heterocycles. The summed E-state index contributed by atoms with van der Waals surface area (Å²) >= 11 is 0. The molecule has 0 aliphatic rings. The second-order valence-electron chi connectivity index (χ2n) is 6.90. The van der Waals surface area contributed by atoms with E-state index in [1.807, 2.05) is 6.07 Å². The van der Waals surface area contributed by atoms with Gasteiger partial charge in [0.15, 0.2) is 0 Å². The number of rotatable bonds is 4. The summed E-state index contributed by atoms with van der Waals surface area (Å²) in [5.41, 5.74) is 0.748. The van der Waals surface area contributed by atoms with Gasteiger partial charge in [-0.3, -0.25) is 0 Å². The van der Waals surface area contributed by atoms with E-state index in [4.69, 9.17) is 4.74 Å². The predicted octanol–water partition coefficient (Wildman–Crippen LogP) is 3.65. The van der Waals surface area contributed by atoms with Gasteiger partial charge >= 0.3 is 11.9 Å². The number of hydrogen-bond acceptors (Lipinski definition) is 3. The maximum Gasteiger partial charge on any atom is 0.338 e. The Morgan fingerprint density at radius 1 is 1.09 bits per heavy atom. The minimum atomic E-state index is -1.95. The third-order valence-corrected chi connectivity index (χ3v) is 5.64. The van der Waals surface area contributed by atoms with Crippen LogP contribution in [-0.2, 0) is 4.74 Å². The predicted molar refractivity (Wildman–Crippen MR) is 94.4 cm³/mol. The van der Waals surface area contributed by atoms with E-state index < -0.39 is 14.0 Å². The Labute approximate surface area is 137 Å². The average molecular weight is 330 g/mol. The molecule has 0 atom stereocenters. The Morgan fingerprint density at radius 3 is 2.13 bits per heavy atom. The molecule has 0 heterocycles. The molecule has 0 aromatic heterocycles. The van der Waals surface area contributed by atoms with Crippen molar-refractivity contribution in [3.05, 3.63) is 41.5 Å². The van der Waals surface area contributed by atoms with Gasteiger partial charge in [0.25, 0.3) is 0 Å². The zero-order chi connectivity index (χ0) is 17.4. The molecule has 0 saturated carbocycles. The minimum Gasteiger partial charge on any atom is -0.478 e. The van der Waals surface area contributed by atoms with Crippen LogP contribution >= 0.6 is 0 Å². The fourth-order valence-electron chi connectivity index (χ4n) is 2.64. The van der Waals surface area contributed by atoms with E-state index in [0.29, 0.717) is 16.3 Å². The van der Waals surface area contributed by atoms with Crippen LogP contribution < -0.4 is 5.19 Å². The summed E-state index contributed by atoms with van der Waals surface area (Å²) in [6.07, 6.45) is -0.227. The van der Waals surface area contributed by atoms with Crippen molar-refractivity contribution < 1.29 is 19.4 Å². The fraction of sp³-hybridized carbons (Fsp3) is 0.333. The van der Waals surface area contributed by atoms with E-state index in [1.165, 1.54) is 0 Å². The van der Waals surface area contributed by atoms with Gasteiger partial charge in [-0.25, -0.2) is 9.59 Å². The third-order valence-electron chi connectivity index (χ3n) is 3.63. The van der Waals surface area contributed by atoms with Gasteiger partial charge in [0.05, 0.1) is 25.3 Å². The first-order valence-electron chi connectivity index (χ1n) is 7.63. The summed E-state index contributed by atoms with van der Waals surface area (Å²) in [6, 6.07) is 8.78. The molecule has 2 rings (SSSR count). The van der Waals surface area contributed by atoms with Gasteiger partial charge in [-0.1, -0.05) is 43.9 Å². The molecule has 0 unspecified atom stereocenters. The van der Waals surface area contributed by atoms with Crippen molar-refractivity contribution in [2.24, 2.45) is 0 Å². The van der Waals surface area contributed by atoms with Gasteiger partial charge < -0.3 is 9.84 Å². The topological polar surface area (TPSA) is 63.6 Å². The molecule has 23 heavy (non-hydrogen) atoms. The zero-order valence-electron chi connectivity index (χ0n) is 14.1. The molecular weight excluding hydrogens is 308 g/mol. The largest absolute Gasteiger partial charge is 0.478 e. The quantitative estimate of drug-likeness (QED) is 0.686. The highest BCUT2D eigenvalue weighted by molar-refractivity contribution is 6.89. The number of carboxylic acid groups (broad SMARTS) is 1. The molecule has 2 aromatic carbocycles. The normalized spacial score (nSPS) is 11.7. The van der Waals surface area contributed by atoms with Crippen LogP contribution in [0, 0.1) is 0 Å². The van der Waals surface area contributed by atoms with Gasteiger partial charge in [-0.05, 0) is 35.9 Å². The summed E-state index contributed by atoms with van der Waals surface area (Å²) in [7, 11) is -1.95. The van der Waals surface area contributed by atoms with Crippen LogP contribution in [0.2, 0.25) is 19.6 Å². The maximum atomic E-state index is 12.7. The summed E-state index contributed by atoms with van der Waals surface area (Å²) in [6.45, 7) is 9.89. The van der Waals surface area contributed by atoms with Crippen LogP contribution in [0.15, 0.2) is 30.3 Å². The molecule has 0 aliphatic carbocycles. The summed E-state index contributed by atoms with van der Waals surface area (Å²) in [5.74, 6) is -1.37. The van der Waals surface area contributed by atoms with Gasteiger partial charge in [0.1, 0.15) is 0 Å². The van der Waals surface area contributed by atoms with Crippen LogP contribution in [0.25, 0.3) is 10.8 Å². The molecule has 122 valence electrons. The number of benzene rings is 2. The van der Waals surface area contributed by atoms with E-state index in [2.05, 4.69) is 19.6 Å². The number of carbonyl (C=O) groups excluding carboxylic acids is 1. The van der Waals surface area contributed by atoms with E-state index in [-0.39, 0.29) is 17.6 Å². The number of fused-ring (bicyclic) bond motifs is 1. The molecule has 2 aromatic rings. The summed E-state index contributed by atoms with van der Waals surface area (Å²) < 4.78 is 5.42. The second-order valence-corrected chi connectivity index (χ2v) is 11.9. The number of hydrogen-bond donors (Lipinski definition) is 1. The summed E-state index contributed by atoms with van der Waals surface area (Å²) in [5, 5.41) is 11.6. The minimum absolute atomic E-state index is 0.227. The van der Waals surface area contributed by atoms with Crippen LogP contribution in [0.5, 0.6) is 0 Å². The zero-order valence-corrected chi connectivity index (χ0v) is 15.1. The van der Waals surface area contributed by atoms with Crippen molar-refractivity contribution in [3.63, 3.8) is 0 Å². The lowest BCUT2D eigenvalue weighted by Gasteiger charge is -2.23. The van der Waals surface area contributed by atoms with Crippen LogP contribution in [0.3, 0.4) is 0 Å². The molecule has 5 heteroatoms. The van der Waals surface area contributed by atoms with Gasteiger partial charge in [-0.15, -0.1) is 0 Å². The molecule has 0 aliphatic heterocycles. The fourth-order valence-corrected chi connectivity index (χ4v) is 4.20. The van der Waals surface area contributed by atoms with Gasteiger partial charge in [-0.2, -0.15) is 0 Å². The van der Waals surface area contributed by atoms with Gasteiger partial charge in [0.2, 0.25) is 0 Å². The Balaban J connectivity index is 2.89. The first-order chi connectivity index (χ1) is 10.6.